The van der Waals surface area contributed by atoms with Crippen LogP contribution < -0.4 is 33.4 Å². The molecule has 0 atom stereocenters. The molecule has 0 spiro atoms. The minimum Gasteiger partial charge on any atom is -1.00 e. The summed E-state index contributed by atoms with van der Waals surface area (Å²) in [4.78, 5) is 2.11. The average molecular weight is 422 g/mol. The highest BCUT2D eigenvalue weighted by atomic mass is 127. The molecule has 0 aliphatic heterocycles. The van der Waals surface area contributed by atoms with Crippen molar-refractivity contribution in [3.05, 3.63) is 59.1 Å². The maximum absolute atomic E-state index is 2.24. The molecular formula is C18H19IN2S. The Hall–Kier alpha value is -1.40. The van der Waals surface area contributed by atoms with Crippen LogP contribution >= 0.6 is 11.3 Å². The lowest BCUT2D eigenvalue weighted by atomic mass is 10.2. The molecule has 0 amide bonds. The van der Waals surface area contributed by atoms with E-state index in [0.717, 1.165) is 0 Å². The van der Waals surface area contributed by atoms with Gasteiger partial charge >= 0.3 is 0 Å². The summed E-state index contributed by atoms with van der Waals surface area (Å²) in [6.45, 7) is 0. The van der Waals surface area contributed by atoms with E-state index in [2.05, 4.69) is 91.3 Å². The van der Waals surface area contributed by atoms with Crippen LogP contribution in [0.1, 0.15) is 10.6 Å². The Balaban J connectivity index is 0.00000176. The van der Waals surface area contributed by atoms with Crippen LogP contribution in [0.5, 0.6) is 0 Å². The minimum atomic E-state index is 0. The Morgan fingerprint density at radius 2 is 1.64 bits per heavy atom. The Labute approximate surface area is 152 Å². The Morgan fingerprint density at radius 3 is 2.27 bits per heavy atom. The van der Waals surface area contributed by atoms with Gasteiger partial charge in [0.2, 0.25) is 5.52 Å². The van der Waals surface area contributed by atoms with Crippen LogP contribution in [-0.4, -0.2) is 14.1 Å². The van der Waals surface area contributed by atoms with E-state index in [9.17, 15) is 0 Å². The number of benzene rings is 2. The molecule has 0 unspecified atom stereocenters. The number of nitrogens with zero attached hydrogens (tertiary/aromatic N) is 2. The molecular weight excluding hydrogens is 403 g/mol. The zero-order valence-corrected chi connectivity index (χ0v) is 15.9. The van der Waals surface area contributed by atoms with Gasteiger partial charge in [-0.15, -0.1) is 0 Å². The number of halogens is 1. The van der Waals surface area contributed by atoms with Crippen LogP contribution in [0, 0.1) is 0 Å². The average Bonchev–Trinajstić information content (AvgIpc) is 2.82. The number of fused-ring (bicyclic) bond motifs is 1. The molecule has 0 aliphatic carbocycles. The largest absolute Gasteiger partial charge is 1.00 e. The van der Waals surface area contributed by atoms with Crippen molar-refractivity contribution in [2.24, 2.45) is 7.05 Å². The number of thiazole rings is 1. The second-order valence-electron chi connectivity index (χ2n) is 5.29. The highest BCUT2D eigenvalue weighted by molar-refractivity contribution is 7.18. The molecule has 0 saturated heterocycles. The van der Waals surface area contributed by atoms with Gasteiger partial charge in [0, 0.05) is 31.9 Å². The molecule has 4 heteroatoms. The van der Waals surface area contributed by atoms with Gasteiger partial charge in [0.25, 0.3) is 5.01 Å². The first kappa shape index (κ1) is 17.0. The number of para-hydroxylation sites is 1. The van der Waals surface area contributed by atoms with Crippen molar-refractivity contribution in [2.45, 2.75) is 0 Å². The van der Waals surface area contributed by atoms with Gasteiger partial charge in [0.05, 0.1) is 0 Å². The summed E-state index contributed by atoms with van der Waals surface area (Å²) in [6.07, 6.45) is 4.36. The number of anilines is 1. The van der Waals surface area contributed by atoms with Crippen molar-refractivity contribution in [1.29, 1.82) is 0 Å². The lowest BCUT2D eigenvalue weighted by molar-refractivity contribution is -0.642. The number of rotatable bonds is 3. The van der Waals surface area contributed by atoms with Crippen molar-refractivity contribution in [3.8, 4) is 0 Å². The molecule has 1 heterocycles. The lowest BCUT2D eigenvalue weighted by Gasteiger charge is -2.11. The number of hydrogen-bond donors (Lipinski definition) is 0. The zero-order valence-electron chi connectivity index (χ0n) is 13.0. The molecule has 0 N–H and O–H groups in total. The van der Waals surface area contributed by atoms with E-state index in [1.165, 1.54) is 26.5 Å². The van der Waals surface area contributed by atoms with E-state index >= 15 is 0 Å². The van der Waals surface area contributed by atoms with Gasteiger partial charge < -0.3 is 28.9 Å². The highest BCUT2D eigenvalue weighted by Crippen LogP contribution is 2.21. The van der Waals surface area contributed by atoms with E-state index in [1.807, 2.05) is 11.3 Å². The van der Waals surface area contributed by atoms with Crippen molar-refractivity contribution in [1.82, 2.24) is 0 Å². The van der Waals surface area contributed by atoms with Crippen LogP contribution in [0.15, 0.2) is 48.5 Å². The molecule has 22 heavy (non-hydrogen) atoms. The van der Waals surface area contributed by atoms with Crippen LogP contribution in [-0.2, 0) is 7.05 Å². The van der Waals surface area contributed by atoms with Gasteiger partial charge in [-0.1, -0.05) is 35.6 Å². The number of hydrogen-bond acceptors (Lipinski definition) is 2. The third kappa shape index (κ3) is 3.50. The molecule has 0 aliphatic rings. The maximum Gasteiger partial charge on any atom is 0.262 e. The molecule has 114 valence electrons. The molecule has 3 rings (SSSR count). The fourth-order valence-corrected chi connectivity index (χ4v) is 3.37. The first-order chi connectivity index (χ1) is 10.1. The van der Waals surface area contributed by atoms with Gasteiger partial charge in [-0.2, -0.15) is 4.57 Å². The normalized spacial score (nSPS) is 10.9. The first-order valence-corrected chi connectivity index (χ1v) is 7.80. The predicted molar refractivity (Wildman–Crippen MR) is 92.7 cm³/mol. The third-order valence-electron chi connectivity index (χ3n) is 3.60. The van der Waals surface area contributed by atoms with E-state index in [4.69, 9.17) is 0 Å². The van der Waals surface area contributed by atoms with Gasteiger partial charge in [0.15, 0.2) is 0 Å². The number of aromatic nitrogens is 1. The predicted octanol–water partition coefficient (Wildman–Crippen LogP) is 0.966. The van der Waals surface area contributed by atoms with E-state index in [0.29, 0.717) is 0 Å². The topological polar surface area (TPSA) is 7.12 Å². The summed E-state index contributed by atoms with van der Waals surface area (Å²) in [5.74, 6) is 0. The van der Waals surface area contributed by atoms with Crippen LogP contribution in [0.25, 0.3) is 22.4 Å². The van der Waals surface area contributed by atoms with E-state index < -0.39 is 0 Å². The van der Waals surface area contributed by atoms with Crippen LogP contribution in [0.2, 0.25) is 0 Å². The van der Waals surface area contributed by atoms with E-state index in [1.54, 1.807) is 0 Å². The summed E-state index contributed by atoms with van der Waals surface area (Å²) >= 11 is 1.82. The Bertz CT molecular complexity index is 788. The SMILES string of the molecule is CN(C)c1ccc(/C=C/c2sc3ccccc3[n+]2C)cc1.[I-]. The van der Waals surface area contributed by atoms with Crippen LogP contribution in [0.4, 0.5) is 5.69 Å². The molecule has 3 aromatic rings. The van der Waals surface area contributed by atoms with Crippen molar-refractivity contribution < 1.29 is 28.5 Å². The summed E-state index contributed by atoms with van der Waals surface area (Å²) in [7, 11) is 6.23. The summed E-state index contributed by atoms with van der Waals surface area (Å²) in [6, 6.07) is 17.1. The van der Waals surface area contributed by atoms with Crippen molar-refractivity contribution >= 4 is 39.4 Å². The van der Waals surface area contributed by atoms with Gasteiger partial charge in [-0.3, -0.25) is 0 Å². The zero-order chi connectivity index (χ0) is 14.8. The first-order valence-electron chi connectivity index (χ1n) is 6.98. The molecule has 0 fully saturated rings. The third-order valence-corrected chi connectivity index (χ3v) is 4.78. The fourth-order valence-electron chi connectivity index (χ4n) is 2.32. The molecule has 2 nitrogen and oxygen atoms in total. The second kappa shape index (κ2) is 7.24. The molecule has 0 radical (unpaired) electrons. The minimum absolute atomic E-state index is 0. The van der Waals surface area contributed by atoms with Gasteiger partial charge in [-0.25, -0.2) is 0 Å². The Kier molecular flexibility index (Phi) is 5.58. The molecule has 2 aromatic carbocycles. The standard InChI is InChI=1S/C18H19N2S.HI/c1-19(2)15-11-8-14(9-12-15)10-13-18-20(3)16-6-4-5-7-17(16)21-18;/h4-13H,1-3H3;1H/q+1;/p-1. The fraction of sp³-hybridized carbons (Fsp3) is 0.167. The molecule has 1 aromatic heterocycles. The smallest absolute Gasteiger partial charge is 0.262 e. The monoisotopic (exact) mass is 422 g/mol. The summed E-state index contributed by atoms with van der Waals surface area (Å²) < 4.78 is 3.56. The van der Waals surface area contributed by atoms with E-state index in [-0.39, 0.29) is 24.0 Å². The van der Waals surface area contributed by atoms with Crippen molar-refractivity contribution in [3.63, 3.8) is 0 Å². The lowest BCUT2D eigenvalue weighted by Crippen LogP contribution is -3.00. The van der Waals surface area contributed by atoms with Gasteiger partial charge in [-0.05, 0) is 29.8 Å². The summed E-state index contributed by atoms with van der Waals surface area (Å²) in [5, 5.41) is 1.26. The van der Waals surface area contributed by atoms with Gasteiger partial charge in [0.1, 0.15) is 11.7 Å². The maximum atomic E-state index is 2.24. The number of aryl methyl sites for hydroxylation is 1. The van der Waals surface area contributed by atoms with Crippen LogP contribution in [0.3, 0.4) is 0 Å². The van der Waals surface area contributed by atoms with Crippen molar-refractivity contribution in [2.75, 3.05) is 19.0 Å². The molecule has 0 saturated carbocycles. The quantitative estimate of drug-likeness (QED) is 0.451. The summed E-state index contributed by atoms with van der Waals surface area (Å²) in [5.41, 5.74) is 3.72. The second-order valence-corrected chi connectivity index (χ2v) is 6.35. The molecule has 0 bridgehead atoms. The highest BCUT2D eigenvalue weighted by Gasteiger charge is 2.13. The Morgan fingerprint density at radius 1 is 0.955 bits per heavy atom.